The summed E-state index contributed by atoms with van der Waals surface area (Å²) in [7, 11) is 1.69. The van der Waals surface area contributed by atoms with Crippen molar-refractivity contribution in [3.8, 4) is 0 Å². The van der Waals surface area contributed by atoms with Crippen LogP contribution in [0.4, 0.5) is 0 Å². The predicted octanol–water partition coefficient (Wildman–Crippen LogP) is 3.67. The Morgan fingerprint density at radius 3 is 2.74 bits per heavy atom. The summed E-state index contributed by atoms with van der Waals surface area (Å²) in [5.74, 6) is 1.51. The highest BCUT2D eigenvalue weighted by Gasteiger charge is 2.22. The first-order valence-corrected chi connectivity index (χ1v) is 7.07. The number of rotatable bonds is 5. The normalized spacial score (nSPS) is 13.4. The first-order valence-electron chi connectivity index (χ1n) is 6.15. The van der Waals surface area contributed by atoms with Gasteiger partial charge < -0.3 is 9.30 Å². The van der Waals surface area contributed by atoms with Crippen LogP contribution in [0.1, 0.15) is 25.7 Å². The van der Waals surface area contributed by atoms with Crippen LogP contribution < -0.4 is 0 Å². The molecule has 0 N–H and O–H groups in total. The molecule has 0 saturated heterocycles. The van der Waals surface area contributed by atoms with E-state index in [1.54, 1.807) is 19.4 Å². The fourth-order valence-electron chi connectivity index (χ4n) is 2.18. The van der Waals surface area contributed by atoms with E-state index in [2.05, 4.69) is 28.4 Å². The SMILES string of the molecule is COCC(C(C)C)n1c(CCl)nc2cc(Cl)cnc21. The van der Waals surface area contributed by atoms with Crippen LogP contribution in [0.2, 0.25) is 5.02 Å². The molecule has 0 amide bonds. The average molecular weight is 302 g/mol. The van der Waals surface area contributed by atoms with Gasteiger partial charge in [0.05, 0.1) is 23.6 Å². The smallest absolute Gasteiger partial charge is 0.160 e. The van der Waals surface area contributed by atoms with E-state index in [4.69, 9.17) is 27.9 Å². The topological polar surface area (TPSA) is 39.9 Å². The molecule has 0 aromatic carbocycles. The Hall–Kier alpha value is -0.840. The summed E-state index contributed by atoms with van der Waals surface area (Å²) in [6.07, 6.45) is 1.63. The lowest BCUT2D eigenvalue weighted by Crippen LogP contribution is -2.22. The lowest BCUT2D eigenvalue weighted by molar-refractivity contribution is 0.133. The molecule has 0 fully saturated rings. The maximum atomic E-state index is 6.01. The van der Waals surface area contributed by atoms with Crippen LogP contribution in [0, 0.1) is 5.92 Å². The summed E-state index contributed by atoms with van der Waals surface area (Å²) >= 11 is 12.0. The Kier molecular flexibility index (Phi) is 4.66. The summed E-state index contributed by atoms with van der Waals surface area (Å²) < 4.78 is 7.38. The van der Waals surface area contributed by atoms with Crippen molar-refractivity contribution in [2.45, 2.75) is 25.8 Å². The van der Waals surface area contributed by atoms with Crippen LogP contribution in [0.3, 0.4) is 0 Å². The van der Waals surface area contributed by atoms with Crippen LogP contribution in [-0.4, -0.2) is 28.3 Å². The van der Waals surface area contributed by atoms with Crippen molar-refractivity contribution in [2.24, 2.45) is 5.92 Å². The zero-order chi connectivity index (χ0) is 14.0. The molecule has 0 aliphatic heterocycles. The molecule has 0 radical (unpaired) electrons. The van der Waals surface area contributed by atoms with E-state index in [0.29, 0.717) is 23.4 Å². The Morgan fingerprint density at radius 2 is 2.16 bits per heavy atom. The van der Waals surface area contributed by atoms with Crippen LogP contribution in [0.25, 0.3) is 11.2 Å². The van der Waals surface area contributed by atoms with Gasteiger partial charge in [-0.25, -0.2) is 9.97 Å². The highest BCUT2D eigenvalue weighted by Crippen LogP contribution is 2.27. The van der Waals surface area contributed by atoms with Gasteiger partial charge in [-0.3, -0.25) is 0 Å². The molecule has 6 heteroatoms. The minimum Gasteiger partial charge on any atom is -0.383 e. The van der Waals surface area contributed by atoms with Crippen LogP contribution in [0.15, 0.2) is 12.3 Å². The van der Waals surface area contributed by atoms with E-state index < -0.39 is 0 Å². The molecular formula is C13H17Cl2N3O. The van der Waals surface area contributed by atoms with E-state index in [0.717, 1.165) is 17.0 Å². The second-order valence-corrected chi connectivity index (χ2v) is 5.50. The second kappa shape index (κ2) is 6.07. The minimum absolute atomic E-state index is 0.150. The molecule has 0 spiro atoms. The number of pyridine rings is 1. The van der Waals surface area contributed by atoms with Gasteiger partial charge in [0, 0.05) is 13.3 Å². The van der Waals surface area contributed by atoms with Crippen molar-refractivity contribution in [3.63, 3.8) is 0 Å². The van der Waals surface area contributed by atoms with Crippen molar-refractivity contribution < 1.29 is 4.74 Å². The first-order chi connectivity index (χ1) is 9.08. The van der Waals surface area contributed by atoms with Gasteiger partial charge in [0.1, 0.15) is 11.3 Å². The van der Waals surface area contributed by atoms with Gasteiger partial charge in [-0.2, -0.15) is 0 Å². The van der Waals surface area contributed by atoms with Crippen molar-refractivity contribution in [2.75, 3.05) is 13.7 Å². The fourth-order valence-corrected chi connectivity index (χ4v) is 2.52. The van der Waals surface area contributed by atoms with Gasteiger partial charge >= 0.3 is 0 Å². The van der Waals surface area contributed by atoms with E-state index in [-0.39, 0.29) is 6.04 Å². The molecule has 4 nitrogen and oxygen atoms in total. The standard InChI is InChI=1S/C13H17Cl2N3O/c1-8(2)11(7-19-3)18-12(5-14)17-10-4-9(15)6-16-13(10)18/h4,6,8,11H,5,7H2,1-3H3. The fraction of sp³-hybridized carbons (Fsp3) is 0.538. The Balaban J connectivity index is 2.61. The van der Waals surface area contributed by atoms with E-state index in [1.165, 1.54) is 0 Å². The van der Waals surface area contributed by atoms with E-state index in [1.807, 2.05) is 0 Å². The molecule has 1 unspecified atom stereocenters. The quantitative estimate of drug-likeness (QED) is 0.791. The molecule has 19 heavy (non-hydrogen) atoms. The Morgan fingerprint density at radius 1 is 1.42 bits per heavy atom. The number of hydrogen-bond donors (Lipinski definition) is 0. The number of ether oxygens (including phenoxy) is 1. The second-order valence-electron chi connectivity index (χ2n) is 4.79. The van der Waals surface area contributed by atoms with Gasteiger partial charge in [0.15, 0.2) is 5.65 Å². The Labute approximate surface area is 122 Å². The Bertz CT molecular complexity index is 568. The average Bonchev–Trinajstić information content (AvgIpc) is 2.72. The van der Waals surface area contributed by atoms with Gasteiger partial charge in [0.25, 0.3) is 0 Å². The number of fused-ring (bicyclic) bond motifs is 1. The molecular weight excluding hydrogens is 285 g/mol. The first kappa shape index (κ1) is 14.6. The summed E-state index contributed by atoms with van der Waals surface area (Å²) in [6, 6.07) is 1.96. The van der Waals surface area contributed by atoms with Gasteiger partial charge in [-0.15, -0.1) is 11.6 Å². The van der Waals surface area contributed by atoms with E-state index >= 15 is 0 Å². The molecule has 0 bridgehead atoms. The molecule has 2 heterocycles. The third-order valence-corrected chi connectivity index (χ3v) is 3.57. The molecule has 0 aliphatic carbocycles. The van der Waals surface area contributed by atoms with Gasteiger partial charge in [-0.1, -0.05) is 25.4 Å². The summed E-state index contributed by atoms with van der Waals surface area (Å²) in [5.41, 5.74) is 1.57. The lowest BCUT2D eigenvalue weighted by Gasteiger charge is -2.23. The molecule has 0 aliphatic rings. The molecule has 2 rings (SSSR count). The number of halogens is 2. The van der Waals surface area contributed by atoms with Gasteiger partial charge in [-0.05, 0) is 12.0 Å². The van der Waals surface area contributed by atoms with Crippen molar-refractivity contribution >= 4 is 34.4 Å². The highest BCUT2D eigenvalue weighted by atomic mass is 35.5. The minimum atomic E-state index is 0.150. The van der Waals surface area contributed by atoms with Crippen molar-refractivity contribution in [1.82, 2.24) is 14.5 Å². The largest absolute Gasteiger partial charge is 0.383 e. The summed E-state index contributed by atoms with van der Waals surface area (Å²) in [6.45, 7) is 4.88. The number of nitrogens with zero attached hydrogens (tertiary/aromatic N) is 3. The monoisotopic (exact) mass is 301 g/mol. The van der Waals surface area contributed by atoms with Crippen LogP contribution >= 0.6 is 23.2 Å². The number of methoxy groups -OCH3 is 1. The summed E-state index contributed by atoms with van der Waals surface area (Å²) in [5, 5.41) is 0.575. The number of aromatic nitrogens is 3. The molecule has 1 atom stereocenters. The zero-order valence-corrected chi connectivity index (χ0v) is 12.7. The molecule has 104 valence electrons. The van der Waals surface area contributed by atoms with Crippen molar-refractivity contribution in [3.05, 3.63) is 23.1 Å². The molecule has 2 aromatic rings. The maximum Gasteiger partial charge on any atom is 0.160 e. The highest BCUT2D eigenvalue weighted by molar-refractivity contribution is 6.31. The number of imidazole rings is 1. The molecule has 2 aromatic heterocycles. The van der Waals surface area contributed by atoms with Crippen LogP contribution in [0.5, 0.6) is 0 Å². The van der Waals surface area contributed by atoms with Crippen LogP contribution in [-0.2, 0) is 10.6 Å². The number of hydrogen-bond acceptors (Lipinski definition) is 3. The summed E-state index contributed by atoms with van der Waals surface area (Å²) in [4.78, 5) is 8.90. The van der Waals surface area contributed by atoms with E-state index in [9.17, 15) is 0 Å². The number of alkyl halides is 1. The third-order valence-electron chi connectivity index (χ3n) is 3.13. The zero-order valence-electron chi connectivity index (χ0n) is 11.2. The predicted molar refractivity (Wildman–Crippen MR) is 77.8 cm³/mol. The molecule has 0 saturated carbocycles. The maximum absolute atomic E-state index is 6.01. The van der Waals surface area contributed by atoms with Crippen molar-refractivity contribution in [1.29, 1.82) is 0 Å². The lowest BCUT2D eigenvalue weighted by atomic mass is 10.1. The third kappa shape index (κ3) is 2.86. The van der Waals surface area contributed by atoms with Gasteiger partial charge in [0.2, 0.25) is 0 Å².